The third-order valence-electron chi connectivity index (χ3n) is 5.11. The van der Waals surface area contributed by atoms with Crippen LogP contribution in [0, 0.1) is 23.5 Å². The topological polar surface area (TPSA) is 154 Å². The molecule has 0 aliphatic carbocycles. The van der Waals surface area contributed by atoms with E-state index in [1.54, 1.807) is 11.6 Å². The van der Waals surface area contributed by atoms with Gasteiger partial charge < -0.3 is 25.5 Å². The van der Waals surface area contributed by atoms with Gasteiger partial charge in [-0.25, -0.2) is 9.89 Å². The Morgan fingerprint density at radius 1 is 1.32 bits per heavy atom. The second-order valence-electron chi connectivity index (χ2n) is 6.90. The quantitative estimate of drug-likeness (QED) is 0.365. The Bertz CT molecular complexity index is 1230. The van der Waals surface area contributed by atoms with Crippen molar-refractivity contribution >= 4 is 5.69 Å². The highest BCUT2D eigenvalue weighted by Crippen LogP contribution is 2.47. The molecule has 2 heterocycles. The second-order valence-corrected chi connectivity index (χ2v) is 6.90. The molecule has 1 aliphatic heterocycles. The smallest absolute Gasteiger partial charge is 0.229 e. The van der Waals surface area contributed by atoms with Gasteiger partial charge in [-0.15, -0.1) is 0 Å². The first-order valence-corrected chi connectivity index (χ1v) is 9.24. The second kappa shape index (κ2) is 7.66. The minimum atomic E-state index is -1.34. The van der Waals surface area contributed by atoms with Crippen LogP contribution in [0.1, 0.15) is 22.7 Å². The predicted molar refractivity (Wildman–Crippen MR) is 108 cm³/mol. The van der Waals surface area contributed by atoms with Crippen molar-refractivity contribution in [1.82, 2.24) is 9.78 Å². The number of benzene rings is 2. The molecule has 0 radical (unpaired) electrons. The molecule has 0 amide bonds. The van der Waals surface area contributed by atoms with Crippen LogP contribution >= 0.6 is 0 Å². The van der Waals surface area contributed by atoms with Gasteiger partial charge in [0.1, 0.15) is 11.6 Å². The van der Waals surface area contributed by atoms with E-state index in [2.05, 4.69) is 11.2 Å². The van der Waals surface area contributed by atoms with E-state index in [1.165, 1.54) is 19.2 Å². The molecular weight excluding hydrogens is 402 g/mol. The fraction of sp³-hybridized carbons (Fsp3) is 0.143. The fourth-order valence-corrected chi connectivity index (χ4v) is 3.71. The lowest BCUT2D eigenvalue weighted by Gasteiger charge is -2.26. The van der Waals surface area contributed by atoms with Crippen molar-refractivity contribution in [3.63, 3.8) is 0 Å². The highest BCUT2D eigenvalue weighted by atomic mass is 16.8. The number of para-hydroxylation sites is 1. The monoisotopic (exact) mass is 421 g/mol. The molecule has 4 rings (SSSR count). The molecule has 0 spiro atoms. The number of nitrogens with two attached hydrogens (primary N) is 1. The van der Waals surface area contributed by atoms with Gasteiger partial charge in [0.05, 0.1) is 30.0 Å². The summed E-state index contributed by atoms with van der Waals surface area (Å²) in [6.45, 7) is 1.76. The summed E-state index contributed by atoms with van der Waals surface area (Å²) >= 11 is 0. The standard InChI is InChI=1S/C21H19N5O5/c1-11-17-18(12-8-15(26(28)29)19(27)16(9-12)30-2)14(10-22)20(23)31-21(17)25(24-11)13-6-4-3-5-7-13/h3-9,18,26-28H,23H2,1-2H3/t18-/m1/s1. The Labute approximate surface area is 177 Å². The number of nitriles is 1. The van der Waals surface area contributed by atoms with E-state index in [-0.39, 0.29) is 22.9 Å². The number of aromatic nitrogens is 2. The van der Waals surface area contributed by atoms with Crippen LogP contribution in [0.5, 0.6) is 17.4 Å². The van der Waals surface area contributed by atoms with Gasteiger partial charge >= 0.3 is 0 Å². The number of phenols is 1. The Morgan fingerprint density at radius 2 is 2.03 bits per heavy atom. The lowest BCUT2D eigenvalue weighted by molar-refractivity contribution is -0.991. The lowest BCUT2D eigenvalue weighted by atomic mass is 9.83. The van der Waals surface area contributed by atoms with Gasteiger partial charge in [0, 0.05) is 6.07 Å². The van der Waals surface area contributed by atoms with Crippen molar-refractivity contribution < 1.29 is 25.0 Å². The highest BCUT2D eigenvalue weighted by Gasteiger charge is 2.37. The summed E-state index contributed by atoms with van der Waals surface area (Å²) in [6.07, 6.45) is 0. The van der Waals surface area contributed by atoms with Gasteiger partial charge in [0.2, 0.25) is 23.2 Å². The zero-order valence-corrected chi connectivity index (χ0v) is 16.7. The van der Waals surface area contributed by atoms with Gasteiger partial charge in [-0.3, -0.25) is 0 Å². The van der Waals surface area contributed by atoms with Crippen molar-refractivity contribution in [3.05, 3.63) is 75.9 Å². The van der Waals surface area contributed by atoms with Crippen LogP contribution in [0.3, 0.4) is 0 Å². The van der Waals surface area contributed by atoms with E-state index in [9.17, 15) is 20.8 Å². The summed E-state index contributed by atoms with van der Waals surface area (Å²) in [4.78, 5) is 0. The average molecular weight is 421 g/mol. The predicted octanol–water partition coefficient (Wildman–Crippen LogP) is 1.52. The average Bonchev–Trinajstić information content (AvgIpc) is 3.09. The molecule has 3 aromatic rings. The van der Waals surface area contributed by atoms with Gasteiger partial charge in [-0.05, 0) is 30.7 Å². The van der Waals surface area contributed by atoms with Crippen molar-refractivity contribution in [2.45, 2.75) is 12.8 Å². The summed E-state index contributed by atoms with van der Waals surface area (Å²) in [7, 11) is 1.31. The first-order valence-electron chi connectivity index (χ1n) is 9.24. The summed E-state index contributed by atoms with van der Waals surface area (Å²) in [5.74, 6) is -1.08. The molecule has 158 valence electrons. The van der Waals surface area contributed by atoms with E-state index < -0.39 is 16.9 Å². The number of hydrogen-bond acceptors (Lipinski definition) is 8. The van der Waals surface area contributed by atoms with E-state index >= 15 is 0 Å². The van der Waals surface area contributed by atoms with Crippen LogP contribution in [0.25, 0.3) is 5.69 Å². The highest BCUT2D eigenvalue weighted by molar-refractivity contribution is 5.63. The van der Waals surface area contributed by atoms with Gasteiger partial charge in [-0.1, -0.05) is 18.2 Å². The van der Waals surface area contributed by atoms with Crippen LogP contribution in [0.15, 0.2) is 53.9 Å². The van der Waals surface area contributed by atoms with Crippen molar-refractivity contribution in [2.24, 2.45) is 5.73 Å². The van der Waals surface area contributed by atoms with Crippen molar-refractivity contribution in [3.8, 4) is 29.1 Å². The van der Waals surface area contributed by atoms with Crippen molar-refractivity contribution in [2.75, 3.05) is 7.11 Å². The number of quaternary nitrogens is 1. The molecule has 10 nitrogen and oxygen atoms in total. The van der Waals surface area contributed by atoms with E-state index in [1.807, 2.05) is 30.3 Å². The fourth-order valence-electron chi connectivity index (χ4n) is 3.71. The Balaban J connectivity index is 1.99. The Morgan fingerprint density at radius 3 is 2.65 bits per heavy atom. The Hall–Kier alpha value is -4.04. The number of aromatic hydroxyl groups is 1. The molecule has 1 aromatic heterocycles. The maximum Gasteiger partial charge on any atom is 0.229 e. The zero-order valence-electron chi connectivity index (χ0n) is 16.7. The molecule has 0 fully saturated rings. The molecule has 1 aliphatic rings. The summed E-state index contributed by atoms with van der Waals surface area (Å²) < 4.78 is 12.5. The number of aryl methyl sites for hydroxylation is 1. The van der Waals surface area contributed by atoms with Gasteiger partial charge in [0.15, 0.2) is 5.75 Å². The van der Waals surface area contributed by atoms with Crippen LogP contribution in [0.4, 0.5) is 5.69 Å². The van der Waals surface area contributed by atoms with E-state index in [4.69, 9.17) is 15.2 Å². The number of allylic oxidation sites excluding steroid dienone is 1. The number of phenolic OH excluding ortho intramolecular Hbond substituents is 1. The first-order chi connectivity index (χ1) is 14.9. The number of methoxy groups -OCH3 is 1. The molecule has 2 aromatic carbocycles. The van der Waals surface area contributed by atoms with Crippen LogP contribution < -0.4 is 20.4 Å². The summed E-state index contributed by atoms with van der Waals surface area (Å²) in [6, 6.07) is 14.1. The number of rotatable bonds is 4. The Kier molecular flexibility index (Phi) is 5.00. The van der Waals surface area contributed by atoms with Crippen LogP contribution in [-0.2, 0) is 0 Å². The van der Waals surface area contributed by atoms with E-state index in [0.29, 0.717) is 22.7 Å². The summed E-state index contributed by atoms with van der Waals surface area (Å²) in [5.41, 5.74) is 8.10. The lowest BCUT2D eigenvalue weighted by Crippen LogP contribution is -2.99. The molecule has 0 saturated heterocycles. The molecule has 0 bridgehead atoms. The minimum Gasteiger partial charge on any atom is -0.595 e. The molecule has 0 saturated carbocycles. The molecule has 10 heteroatoms. The van der Waals surface area contributed by atoms with Crippen molar-refractivity contribution in [1.29, 1.82) is 5.26 Å². The number of hydrogen-bond donors (Lipinski definition) is 4. The molecule has 2 atom stereocenters. The normalized spacial score (nSPS) is 16.3. The minimum absolute atomic E-state index is 0.0353. The first kappa shape index (κ1) is 20.2. The molecule has 5 N–H and O–H groups in total. The van der Waals surface area contributed by atoms with Gasteiger partial charge in [0.25, 0.3) is 0 Å². The zero-order chi connectivity index (χ0) is 22.3. The maximum atomic E-state index is 11.7. The van der Waals surface area contributed by atoms with Crippen LogP contribution in [0.2, 0.25) is 0 Å². The van der Waals surface area contributed by atoms with E-state index in [0.717, 1.165) is 5.69 Å². The number of nitrogens with one attached hydrogen (secondary N) is 1. The van der Waals surface area contributed by atoms with Crippen LogP contribution in [-0.4, -0.2) is 27.2 Å². The maximum absolute atomic E-state index is 11.7. The number of fused-ring (bicyclic) bond motifs is 1. The SMILES string of the molecule is COc1cc([C@@H]2C(C#N)=C(N)Oc3c2c(C)nn3-c2ccccc2)cc([NH+]([O-])O)c1O. The molecular formula is C21H19N5O5. The molecule has 1 unspecified atom stereocenters. The third kappa shape index (κ3) is 3.23. The third-order valence-corrected chi connectivity index (χ3v) is 5.11. The largest absolute Gasteiger partial charge is 0.595 e. The number of ether oxygens (including phenoxy) is 2. The molecule has 31 heavy (non-hydrogen) atoms. The van der Waals surface area contributed by atoms with Gasteiger partial charge in [-0.2, -0.15) is 15.6 Å². The summed E-state index contributed by atoms with van der Waals surface area (Å²) in [5, 5.41) is 44.4. The number of nitrogens with zero attached hydrogens (tertiary/aromatic N) is 3.